The van der Waals surface area contributed by atoms with Gasteiger partial charge in [0.2, 0.25) is 11.8 Å². The van der Waals surface area contributed by atoms with E-state index in [9.17, 15) is 18.8 Å². The number of rotatable bonds is 8. The highest BCUT2D eigenvalue weighted by molar-refractivity contribution is 5.88. The molecule has 0 aromatic heterocycles. The van der Waals surface area contributed by atoms with Crippen LogP contribution in [0.5, 0.6) is 0 Å². The van der Waals surface area contributed by atoms with E-state index in [2.05, 4.69) is 10.6 Å². The number of nitrogens with zero attached hydrogens (tertiary/aromatic N) is 1. The maximum Gasteiger partial charge on any atom is 0.407 e. The smallest absolute Gasteiger partial charge is 0.407 e. The van der Waals surface area contributed by atoms with Gasteiger partial charge in [0.15, 0.2) is 0 Å². The third-order valence-corrected chi connectivity index (χ3v) is 5.75. The van der Waals surface area contributed by atoms with Crippen molar-refractivity contribution in [3.05, 3.63) is 71.5 Å². The molecule has 1 heterocycles. The molecule has 7 nitrogen and oxygen atoms in total. The van der Waals surface area contributed by atoms with Gasteiger partial charge in [0, 0.05) is 25.6 Å². The number of carbonyl (C=O) groups excluding carboxylic acids is 3. The maximum atomic E-state index is 14.3. The first-order valence-corrected chi connectivity index (χ1v) is 12.0. The largest absolute Gasteiger partial charge is 0.444 e. The van der Waals surface area contributed by atoms with Crippen LogP contribution in [0.3, 0.4) is 0 Å². The fraction of sp³-hybridized carbons (Fsp3) is 0.444. The van der Waals surface area contributed by atoms with Crippen LogP contribution in [0, 0.1) is 5.82 Å². The van der Waals surface area contributed by atoms with Gasteiger partial charge in [0.1, 0.15) is 17.5 Å². The molecule has 2 aromatic rings. The molecule has 35 heavy (non-hydrogen) atoms. The zero-order chi connectivity index (χ0) is 25.4. The SMILES string of the molecule is CC(C)(C)OC(=O)N[C@@H](CC(=O)N1CCC[C@H]1C(=O)NCc1ccccc1)Cc1ccccc1F. The first kappa shape index (κ1) is 26.2. The zero-order valence-electron chi connectivity index (χ0n) is 20.6. The number of likely N-dealkylation sites (tertiary alicyclic amines) is 1. The molecule has 3 amide bonds. The summed E-state index contributed by atoms with van der Waals surface area (Å²) in [5, 5.41) is 5.63. The molecule has 0 spiro atoms. The van der Waals surface area contributed by atoms with Crippen molar-refractivity contribution in [2.24, 2.45) is 0 Å². The highest BCUT2D eigenvalue weighted by Crippen LogP contribution is 2.21. The van der Waals surface area contributed by atoms with Gasteiger partial charge in [-0.25, -0.2) is 9.18 Å². The lowest BCUT2D eigenvalue weighted by Gasteiger charge is -2.27. The topological polar surface area (TPSA) is 87.7 Å². The average Bonchev–Trinajstić information content (AvgIpc) is 3.29. The molecular weight excluding hydrogens is 449 g/mol. The van der Waals surface area contributed by atoms with Crippen LogP contribution in [0.15, 0.2) is 54.6 Å². The van der Waals surface area contributed by atoms with Crippen molar-refractivity contribution in [1.29, 1.82) is 0 Å². The minimum absolute atomic E-state index is 0.0734. The third kappa shape index (κ3) is 8.09. The monoisotopic (exact) mass is 483 g/mol. The summed E-state index contributed by atoms with van der Waals surface area (Å²) in [5.74, 6) is -0.875. The highest BCUT2D eigenvalue weighted by Gasteiger charge is 2.35. The Bertz CT molecular complexity index is 1020. The molecule has 2 N–H and O–H groups in total. The molecule has 1 aliphatic rings. The fourth-order valence-electron chi connectivity index (χ4n) is 4.15. The molecule has 2 atom stereocenters. The Morgan fingerprint density at radius 1 is 1.09 bits per heavy atom. The van der Waals surface area contributed by atoms with E-state index in [4.69, 9.17) is 4.74 Å². The summed E-state index contributed by atoms with van der Waals surface area (Å²) in [7, 11) is 0. The van der Waals surface area contributed by atoms with Crippen molar-refractivity contribution in [1.82, 2.24) is 15.5 Å². The molecule has 0 saturated carbocycles. The molecule has 0 bridgehead atoms. The van der Waals surface area contributed by atoms with Crippen molar-refractivity contribution < 1.29 is 23.5 Å². The van der Waals surface area contributed by atoms with Crippen molar-refractivity contribution >= 4 is 17.9 Å². The maximum absolute atomic E-state index is 14.3. The summed E-state index contributed by atoms with van der Waals surface area (Å²) in [6.07, 6.45) is 0.660. The van der Waals surface area contributed by atoms with Gasteiger partial charge in [-0.1, -0.05) is 48.5 Å². The van der Waals surface area contributed by atoms with E-state index in [-0.39, 0.29) is 24.7 Å². The Morgan fingerprint density at radius 2 is 1.77 bits per heavy atom. The third-order valence-electron chi connectivity index (χ3n) is 5.75. The number of carbonyl (C=O) groups is 3. The van der Waals surface area contributed by atoms with Gasteiger partial charge in [-0.15, -0.1) is 0 Å². The molecule has 1 saturated heterocycles. The van der Waals surface area contributed by atoms with E-state index in [0.29, 0.717) is 31.5 Å². The van der Waals surface area contributed by atoms with Crippen LogP contribution < -0.4 is 10.6 Å². The molecule has 3 rings (SSSR count). The normalized spacial score (nSPS) is 16.5. The van der Waals surface area contributed by atoms with Crippen LogP contribution in [0.4, 0.5) is 9.18 Å². The number of nitrogens with one attached hydrogen (secondary N) is 2. The van der Waals surface area contributed by atoms with Gasteiger partial charge < -0.3 is 20.3 Å². The Morgan fingerprint density at radius 3 is 2.46 bits per heavy atom. The van der Waals surface area contributed by atoms with Gasteiger partial charge >= 0.3 is 6.09 Å². The average molecular weight is 484 g/mol. The second-order valence-electron chi connectivity index (χ2n) is 9.79. The van der Waals surface area contributed by atoms with Gasteiger partial charge in [-0.3, -0.25) is 9.59 Å². The quantitative estimate of drug-likeness (QED) is 0.595. The molecule has 0 aliphatic carbocycles. The number of amides is 3. The first-order chi connectivity index (χ1) is 16.6. The summed E-state index contributed by atoms with van der Waals surface area (Å²) in [5.41, 5.74) is 0.649. The summed E-state index contributed by atoms with van der Waals surface area (Å²) in [4.78, 5) is 40.1. The molecule has 0 unspecified atom stereocenters. The first-order valence-electron chi connectivity index (χ1n) is 12.0. The van der Waals surface area contributed by atoms with Crippen molar-refractivity contribution in [3.8, 4) is 0 Å². The van der Waals surface area contributed by atoms with Crippen molar-refractivity contribution in [2.45, 2.75) is 70.7 Å². The van der Waals surface area contributed by atoms with Gasteiger partial charge in [-0.05, 0) is 57.2 Å². The van der Waals surface area contributed by atoms with E-state index >= 15 is 0 Å². The van der Waals surface area contributed by atoms with Crippen molar-refractivity contribution in [2.75, 3.05) is 6.54 Å². The van der Waals surface area contributed by atoms with Crippen LogP contribution in [0.1, 0.15) is 51.2 Å². The summed E-state index contributed by atoms with van der Waals surface area (Å²) in [6, 6.07) is 14.6. The number of hydrogen-bond donors (Lipinski definition) is 2. The predicted octanol–water partition coefficient (Wildman–Crippen LogP) is 3.96. The second-order valence-corrected chi connectivity index (χ2v) is 9.79. The molecule has 2 aromatic carbocycles. The molecule has 188 valence electrons. The minimum atomic E-state index is -0.715. The van der Waals surface area contributed by atoms with E-state index in [0.717, 1.165) is 5.56 Å². The van der Waals surface area contributed by atoms with Crippen LogP contribution in [0.2, 0.25) is 0 Å². The molecule has 1 fully saturated rings. The number of benzene rings is 2. The van der Waals surface area contributed by atoms with Crippen LogP contribution in [-0.2, 0) is 27.3 Å². The Kier molecular flexibility index (Phi) is 8.84. The van der Waals surface area contributed by atoms with Gasteiger partial charge in [0.25, 0.3) is 0 Å². The molecule has 0 radical (unpaired) electrons. The fourth-order valence-corrected chi connectivity index (χ4v) is 4.15. The van der Waals surface area contributed by atoms with Gasteiger partial charge in [0.05, 0.1) is 0 Å². The Hall–Kier alpha value is -3.42. The van der Waals surface area contributed by atoms with Crippen LogP contribution >= 0.6 is 0 Å². The number of ether oxygens (including phenoxy) is 1. The second kappa shape index (κ2) is 11.8. The lowest BCUT2D eigenvalue weighted by atomic mass is 10.0. The lowest BCUT2D eigenvalue weighted by molar-refractivity contribution is -0.138. The Labute approximate surface area is 206 Å². The number of alkyl carbamates (subject to hydrolysis) is 1. The van der Waals surface area contributed by atoms with E-state index in [1.54, 1.807) is 43.9 Å². The predicted molar refractivity (Wildman–Crippen MR) is 131 cm³/mol. The highest BCUT2D eigenvalue weighted by atomic mass is 19.1. The van der Waals surface area contributed by atoms with E-state index < -0.39 is 29.6 Å². The molecule has 8 heteroatoms. The number of hydrogen-bond acceptors (Lipinski definition) is 4. The zero-order valence-corrected chi connectivity index (χ0v) is 20.6. The van der Waals surface area contributed by atoms with Crippen LogP contribution in [-0.4, -0.2) is 47.0 Å². The van der Waals surface area contributed by atoms with Crippen molar-refractivity contribution in [3.63, 3.8) is 0 Å². The lowest BCUT2D eigenvalue weighted by Crippen LogP contribution is -2.48. The molecular formula is C27H34FN3O4. The Balaban J connectivity index is 1.66. The summed E-state index contributed by atoms with van der Waals surface area (Å²) >= 11 is 0. The van der Waals surface area contributed by atoms with E-state index in [1.807, 2.05) is 30.3 Å². The summed E-state index contributed by atoms with van der Waals surface area (Å²) < 4.78 is 19.6. The standard InChI is InChI=1S/C27H34FN3O4/c1-27(2,3)35-26(34)30-21(16-20-12-7-8-13-22(20)28)17-24(32)31-15-9-14-23(31)25(33)29-18-19-10-5-4-6-11-19/h4-8,10-13,21,23H,9,14-18H2,1-3H3,(H,29,33)(H,30,34)/t21-,23+/m1/s1. The van der Waals surface area contributed by atoms with E-state index in [1.165, 1.54) is 6.07 Å². The molecule has 1 aliphatic heterocycles. The van der Waals surface area contributed by atoms with Crippen LogP contribution in [0.25, 0.3) is 0 Å². The minimum Gasteiger partial charge on any atom is -0.444 e. The van der Waals surface area contributed by atoms with Gasteiger partial charge in [-0.2, -0.15) is 0 Å². The summed E-state index contributed by atoms with van der Waals surface area (Å²) in [6.45, 7) is 6.07. The number of halogens is 1.